The molecule has 24 heteroatoms. The van der Waals surface area contributed by atoms with E-state index in [1.807, 2.05) is 0 Å². The molecular weight excluding hydrogens is 634 g/mol. The topological polar surface area (TPSA) is 310 Å². The first kappa shape index (κ1) is 29.5. The van der Waals surface area contributed by atoms with Crippen molar-refractivity contribution in [1.82, 2.24) is 39.0 Å². The largest absolute Gasteiger partial charge is 0.472 e. The van der Waals surface area contributed by atoms with Crippen molar-refractivity contribution in [2.75, 3.05) is 24.7 Å². The van der Waals surface area contributed by atoms with Gasteiger partial charge in [0.2, 0.25) is 0 Å². The maximum atomic E-state index is 13.2. The number of nitrogens with two attached hydrogens (primary N) is 2. The summed E-state index contributed by atoms with van der Waals surface area (Å²) in [5, 5.41) is 22.1. The molecular formula is C20H24N10O12P2. The highest BCUT2D eigenvalue weighted by Gasteiger charge is 2.54. The number of aromatic nitrogens is 8. The molecule has 236 valence electrons. The van der Waals surface area contributed by atoms with E-state index in [-0.39, 0.29) is 34.0 Å². The van der Waals surface area contributed by atoms with E-state index in [0.29, 0.717) is 0 Å². The molecule has 7 heterocycles. The monoisotopic (exact) mass is 658 g/mol. The van der Waals surface area contributed by atoms with Crippen molar-refractivity contribution in [2.24, 2.45) is 0 Å². The third-order valence-electron chi connectivity index (χ3n) is 7.26. The number of imidazole rings is 2. The lowest BCUT2D eigenvalue weighted by Gasteiger charge is -2.25. The van der Waals surface area contributed by atoms with Crippen molar-refractivity contribution in [3.05, 3.63) is 25.3 Å². The van der Waals surface area contributed by atoms with Crippen molar-refractivity contribution >= 4 is 49.6 Å². The molecule has 3 aliphatic rings. The number of hydrogen-bond acceptors (Lipinski definition) is 18. The number of aliphatic hydroxyl groups excluding tert-OH is 2. The molecule has 44 heavy (non-hydrogen) atoms. The number of anilines is 2. The lowest BCUT2D eigenvalue weighted by Crippen LogP contribution is -2.36. The van der Waals surface area contributed by atoms with E-state index in [9.17, 15) is 29.1 Å². The fraction of sp³-hybridized carbons (Fsp3) is 0.500. The molecule has 2 bridgehead atoms. The molecule has 2 unspecified atom stereocenters. The Morgan fingerprint density at radius 1 is 0.705 bits per heavy atom. The second kappa shape index (κ2) is 10.7. The highest BCUT2D eigenvalue weighted by atomic mass is 31.2. The van der Waals surface area contributed by atoms with Crippen LogP contribution in [-0.2, 0) is 36.7 Å². The van der Waals surface area contributed by atoms with Crippen molar-refractivity contribution in [3.8, 4) is 0 Å². The van der Waals surface area contributed by atoms with Crippen LogP contribution in [0.15, 0.2) is 25.3 Å². The minimum atomic E-state index is -5.05. The van der Waals surface area contributed by atoms with Crippen LogP contribution in [0.1, 0.15) is 12.5 Å². The summed E-state index contributed by atoms with van der Waals surface area (Å²) in [6.07, 6.45) is -7.41. The number of rotatable bonds is 2. The van der Waals surface area contributed by atoms with Crippen LogP contribution in [0.4, 0.5) is 11.6 Å². The van der Waals surface area contributed by atoms with Gasteiger partial charge in [0.1, 0.15) is 60.3 Å². The Bertz CT molecular complexity index is 1820. The number of nitrogens with zero attached hydrogens (tertiary/aromatic N) is 8. The molecule has 3 aliphatic heterocycles. The Morgan fingerprint density at radius 2 is 1.20 bits per heavy atom. The van der Waals surface area contributed by atoms with E-state index in [2.05, 4.69) is 29.9 Å². The van der Waals surface area contributed by atoms with Gasteiger partial charge in [0.15, 0.2) is 35.4 Å². The summed E-state index contributed by atoms with van der Waals surface area (Å²) in [6.45, 7) is -1.56. The number of phosphoric ester groups is 2. The summed E-state index contributed by atoms with van der Waals surface area (Å²) in [5.74, 6) is 0.0829. The average Bonchev–Trinajstić information content (AvgIpc) is 3.73. The molecule has 0 amide bonds. The molecule has 0 aromatic carbocycles. The fourth-order valence-electron chi connectivity index (χ4n) is 5.22. The lowest BCUT2D eigenvalue weighted by atomic mass is 10.1. The molecule has 4 aromatic heterocycles. The van der Waals surface area contributed by atoms with E-state index >= 15 is 0 Å². The van der Waals surface area contributed by atoms with Gasteiger partial charge < -0.3 is 40.9 Å². The highest BCUT2D eigenvalue weighted by molar-refractivity contribution is 7.47. The van der Waals surface area contributed by atoms with Crippen LogP contribution in [0.5, 0.6) is 0 Å². The third kappa shape index (κ3) is 5.04. The van der Waals surface area contributed by atoms with E-state index in [4.69, 9.17) is 39.0 Å². The summed E-state index contributed by atoms with van der Waals surface area (Å²) < 4.78 is 61.4. The lowest BCUT2D eigenvalue weighted by molar-refractivity contribution is -0.0672. The zero-order chi connectivity index (χ0) is 31.0. The molecule has 4 aromatic rings. The van der Waals surface area contributed by atoms with Gasteiger partial charge in [-0.3, -0.25) is 27.2 Å². The second-order valence-electron chi connectivity index (χ2n) is 9.95. The van der Waals surface area contributed by atoms with Crippen molar-refractivity contribution < 1.29 is 56.7 Å². The zero-order valence-corrected chi connectivity index (χ0v) is 23.8. The fourth-order valence-corrected chi connectivity index (χ4v) is 7.12. The molecule has 10 atom stereocenters. The molecule has 8 N–H and O–H groups in total. The second-order valence-corrected chi connectivity index (χ2v) is 12.8. The van der Waals surface area contributed by atoms with Crippen LogP contribution < -0.4 is 11.5 Å². The first-order valence-electron chi connectivity index (χ1n) is 12.8. The number of aliphatic hydroxyl groups is 2. The minimum Gasteiger partial charge on any atom is -0.387 e. The summed E-state index contributed by atoms with van der Waals surface area (Å²) >= 11 is 0. The van der Waals surface area contributed by atoms with E-state index < -0.39 is 77.9 Å². The maximum Gasteiger partial charge on any atom is 0.472 e. The molecule has 3 fully saturated rings. The Kier molecular flexibility index (Phi) is 7.16. The highest BCUT2D eigenvalue weighted by Crippen LogP contribution is 2.53. The first-order chi connectivity index (χ1) is 20.9. The molecule has 0 aliphatic carbocycles. The minimum absolute atomic E-state index is 0.0348. The average molecular weight is 658 g/mol. The summed E-state index contributed by atoms with van der Waals surface area (Å²) in [6, 6.07) is 0. The van der Waals surface area contributed by atoms with Crippen molar-refractivity contribution in [3.63, 3.8) is 0 Å². The quantitative estimate of drug-likeness (QED) is 0.132. The summed E-state index contributed by atoms with van der Waals surface area (Å²) in [7, 11) is -10.1. The summed E-state index contributed by atoms with van der Waals surface area (Å²) in [5.41, 5.74) is 12.3. The molecule has 0 radical (unpaired) electrons. The third-order valence-corrected chi connectivity index (χ3v) is 9.23. The van der Waals surface area contributed by atoms with Crippen molar-refractivity contribution in [2.45, 2.75) is 49.1 Å². The number of nitrogen functional groups attached to an aromatic ring is 2. The predicted octanol–water partition coefficient (Wildman–Crippen LogP) is -1.63. The normalized spacial score (nSPS) is 38.3. The van der Waals surface area contributed by atoms with Crippen LogP contribution in [0.2, 0.25) is 0 Å². The summed E-state index contributed by atoms with van der Waals surface area (Å²) in [4.78, 5) is 45.4. The number of ether oxygens (including phenoxy) is 2. The SMILES string of the molecule is Nc1ncnc2c1ncn2[C@@H]1O[C@@H]2COP(=O)(O)O[C@@H]3[C@H](O)[C@@H](n4cnc5c(N)ncnc54)O[C@H]3COP(=O)(O)O[C@@H]1[C@@H]2O. The molecule has 0 spiro atoms. The van der Waals surface area contributed by atoms with Crippen LogP contribution in [-0.4, -0.2) is 109 Å². The number of phosphoric acid groups is 2. The van der Waals surface area contributed by atoms with Crippen molar-refractivity contribution in [1.29, 1.82) is 0 Å². The predicted molar refractivity (Wildman–Crippen MR) is 141 cm³/mol. The Labute approximate surface area is 244 Å². The van der Waals surface area contributed by atoms with E-state index in [1.165, 1.54) is 21.8 Å². The van der Waals surface area contributed by atoms with Gasteiger partial charge in [-0.1, -0.05) is 0 Å². The molecule has 22 nitrogen and oxygen atoms in total. The Balaban J connectivity index is 1.20. The van der Waals surface area contributed by atoms with Gasteiger partial charge in [-0.2, -0.15) is 0 Å². The van der Waals surface area contributed by atoms with E-state index in [0.717, 1.165) is 12.7 Å². The van der Waals surface area contributed by atoms with Gasteiger partial charge in [-0.15, -0.1) is 0 Å². The molecule has 0 saturated carbocycles. The van der Waals surface area contributed by atoms with Crippen LogP contribution in [0, 0.1) is 0 Å². The van der Waals surface area contributed by atoms with Gasteiger partial charge >= 0.3 is 15.6 Å². The Morgan fingerprint density at radius 3 is 1.80 bits per heavy atom. The van der Waals surface area contributed by atoms with Gasteiger partial charge in [-0.05, 0) is 0 Å². The maximum absolute atomic E-state index is 13.2. The van der Waals surface area contributed by atoms with E-state index in [1.54, 1.807) is 0 Å². The first-order valence-corrected chi connectivity index (χ1v) is 15.8. The molecule has 3 saturated heterocycles. The molecule has 7 rings (SSSR count). The standard InChI is InChI=1S/C20H24N10O12P2/c21-15-9-17(25-3-23-15)29(5-27-9)19-12(32)13-8(40-19)2-38-44(35,36)42-14-11(31)7(1-37-43(33,34)41-13)39-20(14)30-6-28-10-16(22)24-4-26-18(10)30/h3-8,11-14,19-20,31-32H,1-2H2,(H,33,34)(H,35,36)(H2,21,23,25)(H2,22,24,26)/t7-,8+,11-,12+,13+,14-,19+,20-/m1/s1. The van der Waals surface area contributed by atoms with Gasteiger partial charge in [0, 0.05) is 0 Å². The number of fused-ring (bicyclic) bond motifs is 5. The number of hydrogen-bond donors (Lipinski definition) is 6. The smallest absolute Gasteiger partial charge is 0.387 e. The van der Waals surface area contributed by atoms with Gasteiger partial charge in [-0.25, -0.2) is 39.0 Å². The Hall–Kier alpha value is -3.24. The van der Waals surface area contributed by atoms with Crippen LogP contribution >= 0.6 is 15.6 Å². The zero-order valence-electron chi connectivity index (χ0n) is 22.0. The van der Waals surface area contributed by atoms with Gasteiger partial charge in [0.05, 0.1) is 25.9 Å². The van der Waals surface area contributed by atoms with Gasteiger partial charge in [0.25, 0.3) is 0 Å². The van der Waals surface area contributed by atoms with Crippen LogP contribution in [0.3, 0.4) is 0 Å². The van der Waals surface area contributed by atoms with Crippen LogP contribution in [0.25, 0.3) is 22.3 Å².